The van der Waals surface area contributed by atoms with E-state index in [1.165, 1.54) is 5.56 Å². The van der Waals surface area contributed by atoms with Gasteiger partial charge >= 0.3 is 0 Å². The highest BCUT2D eigenvalue weighted by Gasteiger charge is 2.06. The van der Waals surface area contributed by atoms with Gasteiger partial charge in [-0.05, 0) is 24.5 Å². The summed E-state index contributed by atoms with van der Waals surface area (Å²) in [5.74, 6) is 0. The van der Waals surface area contributed by atoms with E-state index < -0.39 is 0 Å². The molecule has 13 heavy (non-hydrogen) atoms. The van der Waals surface area contributed by atoms with Gasteiger partial charge in [0.05, 0.1) is 6.10 Å². The van der Waals surface area contributed by atoms with Gasteiger partial charge in [-0.2, -0.15) is 0 Å². The van der Waals surface area contributed by atoms with Crippen molar-refractivity contribution in [2.45, 2.75) is 32.3 Å². The van der Waals surface area contributed by atoms with Crippen molar-refractivity contribution < 1.29 is 5.11 Å². The summed E-state index contributed by atoms with van der Waals surface area (Å²) in [6.45, 7) is 2.09. The Morgan fingerprint density at radius 3 is 2.69 bits per heavy atom. The van der Waals surface area contributed by atoms with Gasteiger partial charge in [0.25, 0.3) is 0 Å². The first kappa shape index (κ1) is 10.7. The van der Waals surface area contributed by atoms with Gasteiger partial charge < -0.3 is 5.11 Å². The number of rotatable bonds is 4. The SMILES string of the molecule is CCCC(O)Cc1ccccc1Br. The Morgan fingerprint density at radius 1 is 1.38 bits per heavy atom. The fraction of sp³-hybridized carbons (Fsp3) is 0.455. The average Bonchev–Trinajstić information content (AvgIpc) is 2.09. The smallest absolute Gasteiger partial charge is 0.0580 e. The molecule has 0 amide bonds. The first-order valence-electron chi connectivity index (χ1n) is 4.65. The molecule has 0 saturated heterocycles. The maximum atomic E-state index is 9.61. The third-order valence-electron chi connectivity index (χ3n) is 2.04. The van der Waals surface area contributed by atoms with Crippen molar-refractivity contribution in [1.29, 1.82) is 0 Å². The minimum Gasteiger partial charge on any atom is -0.393 e. The lowest BCUT2D eigenvalue weighted by Gasteiger charge is -2.10. The summed E-state index contributed by atoms with van der Waals surface area (Å²) in [6, 6.07) is 8.04. The van der Waals surface area contributed by atoms with Gasteiger partial charge in [-0.15, -0.1) is 0 Å². The van der Waals surface area contributed by atoms with Crippen molar-refractivity contribution >= 4 is 15.9 Å². The Bertz CT molecular complexity index is 260. The number of aliphatic hydroxyl groups is 1. The van der Waals surface area contributed by atoms with E-state index in [1.54, 1.807) is 0 Å². The predicted octanol–water partition coefficient (Wildman–Crippen LogP) is 3.15. The molecule has 72 valence electrons. The van der Waals surface area contributed by atoms with Gasteiger partial charge in [-0.1, -0.05) is 47.5 Å². The molecule has 0 saturated carbocycles. The van der Waals surface area contributed by atoms with Crippen LogP contribution in [0.1, 0.15) is 25.3 Å². The molecular formula is C11H15BrO. The van der Waals surface area contributed by atoms with Crippen LogP contribution >= 0.6 is 15.9 Å². The fourth-order valence-corrected chi connectivity index (χ4v) is 1.80. The fourth-order valence-electron chi connectivity index (χ4n) is 1.35. The summed E-state index contributed by atoms with van der Waals surface area (Å²) in [6.07, 6.45) is 2.45. The highest BCUT2D eigenvalue weighted by atomic mass is 79.9. The van der Waals surface area contributed by atoms with Crippen LogP contribution < -0.4 is 0 Å². The molecule has 1 atom stereocenters. The second-order valence-corrected chi connectivity index (χ2v) is 4.09. The summed E-state index contributed by atoms with van der Waals surface area (Å²) in [4.78, 5) is 0. The molecule has 1 unspecified atom stereocenters. The minimum absolute atomic E-state index is 0.205. The van der Waals surface area contributed by atoms with Crippen LogP contribution in [-0.4, -0.2) is 11.2 Å². The lowest BCUT2D eigenvalue weighted by atomic mass is 10.1. The molecule has 0 aromatic heterocycles. The van der Waals surface area contributed by atoms with E-state index in [4.69, 9.17) is 0 Å². The molecule has 0 bridgehead atoms. The van der Waals surface area contributed by atoms with Gasteiger partial charge in [0.1, 0.15) is 0 Å². The quantitative estimate of drug-likeness (QED) is 0.861. The largest absolute Gasteiger partial charge is 0.393 e. The summed E-state index contributed by atoms with van der Waals surface area (Å²) < 4.78 is 1.09. The zero-order valence-electron chi connectivity index (χ0n) is 7.83. The molecule has 0 fully saturated rings. The van der Waals surface area contributed by atoms with Crippen LogP contribution in [0.25, 0.3) is 0 Å². The molecule has 1 aromatic carbocycles. The van der Waals surface area contributed by atoms with Gasteiger partial charge in [0.2, 0.25) is 0 Å². The molecular weight excluding hydrogens is 228 g/mol. The van der Waals surface area contributed by atoms with Gasteiger partial charge in [0, 0.05) is 4.47 Å². The minimum atomic E-state index is -0.205. The Morgan fingerprint density at radius 2 is 2.08 bits per heavy atom. The van der Waals surface area contributed by atoms with E-state index in [2.05, 4.69) is 22.9 Å². The molecule has 0 spiro atoms. The number of benzene rings is 1. The van der Waals surface area contributed by atoms with Crippen molar-refractivity contribution in [1.82, 2.24) is 0 Å². The molecule has 1 N–H and O–H groups in total. The van der Waals surface area contributed by atoms with Crippen LogP contribution in [0.4, 0.5) is 0 Å². The van der Waals surface area contributed by atoms with Crippen molar-refractivity contribution in [3.63, 3.8) is 0 Å². The maximum absolute atomic E-state index is 9.61. The number of halogens is 1. The van der Waals surface area contributed by atoms with E-state index in [0.29, 0.717) is 0 Å². The van der Waals surface area contributed by atoms with Crippen molar-refractivity contribution in [2.75, 3.05) is 0 Å². The van der Waals surface area contributed by atoms with Crippen molar-refractivity contribution in [3.8, 4) is 0 Å². The van der Waals surface area contributed by atoms with Crippen molar-refractivity contribution in [2.24, 2.45) is 0 Å². The number of hydrogen-bond acceptors (Lipinski definition) is 1. The van der Waals surface area contributed by atoms with Crippen molar-refractivity contribution in [3.05, 3.63) is 34.3 Å². The first-order chi connectivity index (χ1) is 6.24. The van der Waals surface area contributed by atoms with Crippen LogP contribution in [-0.2, 0) is 6.42 Å². The van der Waals surface area contributed by atoms with Crippen LogP contribution in [0.15, 0.2) is 28.7 Å². The Hall–Kier alpha value is -0.340. The molecule has 1 rings (SSSR count). The molecule has 0 aliphatic heterocycles. The van der Waals surface area contributed by atoms with Crippen LogP contribution in [0.2, 0.25) is 0 Å². The second-order valence-electron chi connectivity index (χ2n) is 3.24. The Labute approximate surface area is 87.9 Å². The molecule has 0 aliphatic rings. The molecule has 1 nitrogen and oxygen atoms in total. The van der Waals surface area contributed by atoms with E-state index in [0.717, 1.165) is 23.7 Å². The molecule has 2 heteroatoms. The van der Waals surface area contributed by atoms with Gasteiger partial charge in [-0.25, -0.2) is 0 Å². The standard InChI is InChI=1S/C11H15BrO/c1-2-5-10(13)8-9-6-3-4-7-11(9)12/h3-4,6-7,10,13H,2,5,8H2,1H3. The highest BCUT2D eigenvalue weighted by Crippen LogP contribution is 2.18. The lowest BCUT2D eigenvalue weighted by molar-refractivity contribution is 0.163. The van der Waals surface area contributed by atoms with E-state index in [9.17, 15) is 5.11 Å². The third-order valence-corrected chi connectivity index (χ3v) is 2.81. The molecule has 0 heterocycles. The highest BCUT2D eigenvalue weighted by molar-refractivity contribution is 9.10. The summed E-state index contributed by atoms with van der Waals surface area (Å²) >= 11 is 3.46. The molecule has 1 aromatic rings. The van der Waals surface area contributed by atoms with Crippen LogP contribution in [0.5, 0.6) is 0 Å². The monoisotopic (exact) mass is 242 g/mol. The molecule has 0 radical (unpaired) electrons. The third kappa shape index (κ3) is 3.49. The number of hydrogen-bond donors (Lipinski definition) is 1. The van der Waals surface area contributed by atoms with Crippen LogP contribution in [0, 0.1) is 0 Å². The summed E-state index contributed by atoms with van der Waals surface area (Å²) in [5.41, 5.74) is 1.18. The predicted molar refractivity (Wildman–Crippen MR) is 58.8 cm³/mol. The summed E-state index contributed by atoms with van der Waals surface area (Å²) in [5, 5.41) is 9.61. The molecule has 0 aliphatic carbocycles. The topological polar surface area (TPSA) is 20.2 Å². The zero-order valence-corrected chi connectivity index (χ0v) is 9.42. The van der Waals surface area contributed by atoms with Crippen LogP contribution in [0.3, 0.4) is 0 Å². The lowest BCUT2D eigenvalue weighted by Crippen LogP contribution is -2.09. The summed E-state index contributed by atoms with van der Waals surface area (Å²) in [7, 11) is 0. The Kier molecular flexibility index (Phi) is 4.46. The normalized spacial score (nSPS) is 12.8. The second kappa shape index (κ2) is 5.40. The van der Waals surface area contributed by atoms with E-state index in [-0.39, 0.29) is 6.10 Å². The Balaban J connectivity index is 2.58. The van der Waals surface area contributed by atoms with E-state index in [1.807, 2.05) is 24.3 Å². The first-order valence-corrected chi connectivity index (χ1v) is 5.44. The number of aliphatic hydroxyl groups excluding tert-OH is 1. The van der Waals surface area contributed by atoms with E-state index >= 15 is 0 Å². The zero-order chi connectivity index (χ0) is 9.68. The maximum Gasteiger partial charge on any atom is 0.0580 e. The average molecular weight is 243 g/mol. The van der Waals surface area contributed by atoms with Gasteiger partial charge in [-0.3, -0.25) is 0 Å². The van der Waals surface area contributed by atoms with Gasteiger partial charge in [0.15, 0.2) is 0 Å².